The zero-order valence-electron chi connectivity index (χ0n) is 12.5. The van der Waals surface area contributed by atoms with Gasteiger partial charge in [0.25, 0.3) is 0 Å². The summed E-state index contributed by atoms with van der Waals surface area (Å²) in [4.78, 5) is 2.37. The summed E-state index contributed by atoms with van der Waals surface area (Å²) in [7, 11) is 0. The molecule has 2 aromatic carbocycles. The molecular formula is C18H21FN2O. The second kappa shape index (κ2) is 6.90. The molecule has 3 nitrogen and oxygen atoms in total. The largest absolute Gasteiger partial charge is 0.489 e. The van der Waals surface area contributed by atoms with E-state index in [-0.39, 0.29) is 5.82 Å². The Morgan fingerprint density at radius 2 is 1.95 bits per heavy atom. The standard InChI is InChI=1S/C18H21FN2O/c19-16-3-1-2-15(10-16)13-22-18-6-4-14(5-7-18)11-21-9-8-17(20)12-21/h1-7,10,17H,8-9,11-13,20H2. The molecule has 0 aromatic heterocycles. The molecule has 1 atom stereocenters. The van der Waals surface area contributed by atoms with Crippen LogP contribution in [0.1, 0.15) is 17.5 Å². The Kier molecular flexibility index (Phi) is 4.71. The Labute approximate surface area is 130 Å². The maximum Gasteiger partial charge on any atom is 0.123 e. The van der Waals surface area contributed by atoms with Crippen molar-refractivity contribution in [2.75, 3.05) is 13.1 Å². The highest BCUT2D eigenvalue weighted by atomic mass is 19.1. The van der Waals surface area contributed by atoms with E-state index in [0.717, 1.165) is 37.4 Å². The molecule has 1 unspecified atom stereocenters. The summed E-state index contributed by atoms with van der Waals surface area (Å²) < 4.78 is 18.8. The van der Waals surface area contributed by atoms with Gasteiger partial charge in [0.1, 0.15) is 18.2 Å². The molecule has 1 aliphatic rings. The highest BCUT2D eigenvalue weighted by Crippen LogP contribution is 2.17. The highest BCUT2D eigenvalue weighted by Gasteiger charge is 2.18. The third-order valence-corrected chi connectivity index (χ3v) is 3.93. The lowest BCUT2D eigenvalue weighted by Gasteiger charge is -2.15. The lowest BCUT2D eigenvalue weighted by Crippen LogP contribution is -2.26. The normalized spacial score (nSPS) is 18.5. The van der Waals surface area contributed by atoms with Crippen LogP contribution in [0.15, 0.2) is 48.5 Å². The maximum atomic E-state index is 13.1. The van der Waals surface area contributed by atoms with Crippen LogP contribution in [0.4, 0.5) is 4.39 Å². The summed E-state index contributed by atoms with van der Waals surface area (Å²) in [6.45, 7) is 3.34. The molecule has 1 saturated heterocycles. The number of benzene rings is 2. The van der Waals surface area contributed by atoms with Crippen molar-refractivity contribution in [1.82, 2.24) is 4.90 Å². The van der Waals surface area contributed by atoms with Crippen molar-refractivity contribution in [3.63, 3.8) is 0 Å². The molecule has 4 heteroatoms. The Morgan fingerprint density at radius 3 is 2.64 bits per heavy atom. The average Bonchev–Trinajstić information content (AvgIpc) is 2.92. The van der Waals surface area contributed by atoms with Gasteiger partial charge in [-0.1, -0.05) is 24.3 Å². The predicted octanol–water partition coefficient (Wildman–Crippen LogP) is 2.94. The number of hydrogen-bond donors (Lipinski definition) is 1. The van der Waals surface area contributed by atoms with Gasteiger partial charge in [0.05, 0.1) is 0 Å². The van der Waals surface area contributed by atoms with Crippen LogP contribution in [0.3, 0.4) is 0 Å². The quantitative estimate of drug-likeness (QED) is 0.922. The van der Waals surface area contributed by atoms with E-state index in [0.29, 0.717) is 12.6 Å². The van der Waals surface area contributed by atoms with Gasteiger partial charge in [-0.05, 0) is 41.8 Å². The molecule has 2 aromatic rings. The van der Waals surface area contributed by atoms with E-state index in [1.54, 1.807) is 6.07 Å². The Morgan fingerprint density at radius 1 is 1.14 bits per heavy atom. The summed E-state index contributed by atoms with van der Waals surface area (Å²) in [5.41, 5.74) is 8.01. The van der Waals surface area contributed by atoms with E-state index in [4.69, 9.17) is 10.5 Å². The molecule has 0 amide bonds. The van der Waals surface area contributed by atoms with Crippen LogP contribution in [0, 0.1) is 5.82 Å². The van der Waals surface area contributed by atoms with Crippen molar-refractivity contribution in [2.24, 2.45) is 5.73 Å². The smallest absolute Gasteiger partial charge is 0.123 e. The van der Waals surface area contributed by atoms with E-state index in [1.807, 2.05) is 18.2 Å². The summed E-state index contributed by atoms with van der Waals surface area (Å²) >= 11 is 0. The third kappa shape index (κ3) is 4.06. The van der Waals surface area contributed by atoms with Crippen LogP contribution in [0.2, 0.25) is 0 Å². The molecule has 1 heterocycles. The number of ether oxygens (including phenoxy) is 1. The summed E-state index contributed by atoms with van der Waals surface area (Å²) in [5, 5.41) is 0. The second-order valence-corrected chi connectivity index (χ2v) is 5.85. The van der Waals surface area contributed by atoms with Crippen molar-refractivity contribution in [3.05, 3.63) is 65.5 Å². The van der Waals surface area contributed by atoms with Crippen LogP contribution in [-0.4, -0.2) is 24.0 Å². The monoisotopic (exact) mass is 300 g/mol. The Bertz CT molecular complexity index is 615. The molecule has 3 rings (SSSR count). The van der Waals surface area contributed by atoms with Gasteiger partial charge in [-0.3, -0.25) is 4.90 Å². The number of hydrogen-bond acceptors (Lipinski definition) is 3. The minimum Gasteiger partial charge on any atom is -0.489 e. The third-order valence-electron chi connectivity index (χ3n) is 3.93. The lowest BCUT2D eigenvalue weighted by atomic mass is 10.2. The maximum absolute atomic E-state index is 13.1. The lowest BCUT2D eigenvalue weighted by molar-refractivity contribution is 0.304. The van der Waals surface area contributed by atoms with Gasteiger partial charge < -0.3 is 10.5 Å². The molecule has 116 valence electrons. The van der Waals surface area contributed by atoms with E-state index in [1.165, 1.54) is 17.7 Å². The summed E-state index contributed by atoms with van der Waals surface area (Å²) in [6.07, 6.45) is 1.08. The molecule has 0 radical (unpaired) electrons. The highest BCUT2D eigenvalue weighted by molar-refractivity contribution is 5.28. The minimum absolute atomic E-state index is 0.236. The Hall–Kier alpha value is -1.91. The molecule has 1 aliphatic heterocycles. The number of nitrogens with zero attached hydrogens (tertiary/aromatic N) is 1. The number of likely N-dealkylation sites (tertiary alicyclic amines) is 1. The average molecular weight is 300 g/mol. The zero-order valence-corrected chi connectivity index (χ0v) is 12.5. The van der Waals surface area contributed by atoms with Crippen LogP contribution < -0.4 is 10.5 Å². The van der Waals surface area contributed by atoms with E-state index in [2.05, 4.69) is 17.0 Å². The molecule has 1 fully saturated rings. The fourth-order valence-corrected chi connectivity index (χ4v) is 2.75. The van der Waals surface area contributed by atoms with Crippen molar-refractivity contribution in [2.45, 2.75) is 25.6 Å². The number of rotatable bonds is 5. The molecule has 0 aliphatic carbocycles. The molecular weight excluding hydrogens is 279 g/mol. The predicted molar refractivity (Wildman–Crippen MR) is 85.0 cm³/mol. The van der Waals surface area contributed by atoms with Crippen molar-refractivity contribution in [3.8, 4) is 5.75 Å². The van der Waals surface area contributed by atoms with Gasteiger partial charge in [-0.25, -0.2) is 4.39 Å². The fraction of sp³-hybridized carbons (Fsp3) is 0.333. The van der Waals surface area contributed by atoms with Gasteiger partial charge in [-0.2, -0.15) is 0 Å². The van der Waals surface area contributed by atoms with Gasteiger partial charge in [0.2, 0.25) is 0 Å². The second-order valence-electron chi connectivity index (χ2n) is 5.85. The molecule has 0 spiro atoms. The van der Waals surface area contributed by atoms with Gasteiger partial charge in [0.15, 0.2) is 0 Å². The first kappa shape index (κ1) is 15.0. The first-order valence-electron chi connectivity index (χ1n) is 7.63. The van der Waals surface area contributed by atoms with Crippen LogP contribution in [0.5, 0.6) is 5.75 Å². The minimum atomic E-state index is -0.236. The summed E-state index contributed by atoms with van der Waals surface area (Å²) in [5.74, 6) is 0.561. The number of halogens is 1. The molecule has 0 bridgehead atoms. The van der Waals surface area contributed by atoms with Crippen LogP contribution in [-0.2, 0) is 13.2 Å². The molecule has 2 N–H and O–H groups in total. The summed E-state index contributed by atoms with van der Waals surface area (Å²) in [6, 6.07) is 14.9. The van der Waals surface area contributed by atoms with Crippen molar-refractivity contribution in [1.29, 1.82) is 0 Å². The van der Waals surface area contributed by atoms with Crippen molar-refractivity contribution >= 4 is 0 Å². The fourth-order valence-electron chi connectivity index (χ4n) is 2.75. The SMILES string of the molecule is NC1CCN(Cc2ccc(OCc3cccc(F)c3)cc2)C1. The molecule has 22 heavy (non-hydrogen) atoms. The first-order chi connectivity index (χ1) is 10.7. The topological polar surface area (TPSA) is 38.5 Å². The molecule has 0 saturated carbocycles. The van der Waals surface area contributed by atoms with E-state index in [9.17, 15) is 4.39 Å². The number of nitrogens with two attached hydrogens (primary N) is 1. The first-order valence-corrected chi connectivity index (χ1v) is 7.63. The van der Waals surface area contributed by atoms with Gasteiger partial charge in [-0.15, -0.1) is 0 Å². The van der Waals surface area contributed by atoms with E-state index >= 15 is 0 Å². The van der Waals surface area contributed by atoms with E-state index < -0.39 is 0 Å². The Balaban J connectivity index is 1.53. The van der Waals surface area contributed by atoms with Crippen LogP contribution in [0.25, 0.3) is 0 Å². The van der Waals surface area contributed by atoms with Gasteiger partial charge in [0, 0.05) is 25.7 Å². The van der Waals surface area contributed by atoms with Crippen LogP contribution >= 0.6 is 0 Å². The van der Waals surface area contributed by atoms with Crippen molar-refractivity contribution < 1.29 is 9.13 Å². The zero-order chi connectivity index (χ0) is 15.4. The van der Waals surface area contributed by atoms with Gasteiger partial charge >= 0.3 is 0 Å².